The average molecular weight is 284 g/mol. The number of nitrogens with zero attached hydrogens (tertiary/aromatic N) is 2. The molecule has 0 spiro atoms. The highest BCUT2D eigenvalue weighted by molar-refractivity contribution is 4.78. The van der Waals surface area contributed by atoms with E-state index in [-0.39, 0.29) is 5.54 Å². The van der Waals surface area contributed by atoms with Gasteiger partial charge in [0, 0.05) is 18.1 Å². The summed E-state index contributed by atoms with van der Waals surface area (Å²) in [5, 5.41) is 3.56. The van der Waals surface area contributed by atoms with E-state index in [9.17, 15) is 0 Å². The molecule has 1 heterocycles. The third-order valence-electron chi connectivity index (χ3n) is 4.32. The van der Waals surface area contributed by atoms with Gasteiger partial charge in [-0.2, -0.15) is 0 Å². The highest BCUT2D eigenvalue weighted by Gasteiger charge is 2.21. The summed E-state index contributed by atoms with van der Waals surface area (Å²) in [5.41, 5.74) is 0.271. The molecule has 1 aliphatic heterocycles. The number of likely N-dealkylation sites (tertiary alicyclic amines) is 1. The van der Waals surface area contributed by atoms with Gasteiger partial charge in [-0.25, -0.2) is 0 Å². The van der Waals surface area contributed by atoms with E-state index >= 15 is 0 Å². The predicted octanol–water partition coefficient (Wildman–Crippen LogP) is 2.96. The van der Waals surface area contributed by atoms with Gasteiger partial charge in [0.15, 0.2) is 0 Å². The molecule has 0 saturated carbocycles. The number of hydrogen-bond donors (Lipinski definition) is 1. The van der Waals surface area contributed by atoms with Gasteiger partial charge in [-0.05, 0) is 80.2 Å². The Hall–Kier alpha value is -0.120. The van der Waals surface area contributed by atoms with E-state index in [0.29, 0.717) is 0 Å². The number of unbranched alkanes of at least 4 members (excludes halogenated alkanes) is 3. The van der Waals surface area contributed by atoms with E-state index in [1.165, 1.54) is 58.2 Å². The van der Waals surface area contributed by atoms with Crippen LogP contribution >= 0.6 is 0 Å². The van der Waals surface area contributed by atoms with Crippen molar-refractivity contribution in [2.24, 2.45) is 0 Å². The summed E-state index contributed by atoms with van der Waals surface area (Å²) in [7, 11) is 4.56. The highest BCUT2D eigenvalue weighted by atomic mass is 15.2. The molecule has 3 heteroatoms. The van der Waals surface area contributed by atoms with Gasteiger partial charge in [-0.15, -0.1) is 0 Å². The topological polar surface area (TPSA) is 18.5 Å². The van der Waals surface area contributed by atoms with Crippen molar-refractivity contribution in [1.82, 2.24) is 15.1 Å². The average Bonchev–Trinajstić information content (AvgIpc) is 2.72. The Morgan fingerprint density at radius 3 is 2.45 bits per heavy atom. The van der Waals surface area contributed by atoms with E-state index in [2.05, 4.69) is 50.0 Å². The molecule has 1 rings (SSSR count). The maximum absolute atomic E-state index is 3.56. The second-order valence-corrected chi connectivity index (χ2v) is 7.63. The van der Waals surface area contributed by atoms with Gasteiger partial charge in [0.1, 0.15) is 0 Å². The van der Waals surface area contributed by atoms with Gasteiger partial charge < -0.3 is 15.1 Å². The fraction of sp³-hybridized carbons (Fsp3) is 1.00. The fourth-order valence-electron chi connectivity index (χ4n) is 2.98. The van der Waals surface area contributed by atoms with Gasteiger partial charge in [0.05, 0.1) is 0 Å². The molecule has 0 aliphatic carbocycles. The van der Waals surface area contributed by atoms with E-state index in [1.54, 1.807) is 0 Å². The zero-order valence-corrected chi connectivity index (χ0v) is 14.5. The first-order valence-electron chi connectivity index (χ1n) is 8.52. The monoisotopic (exact) mass is 283 g/mol. The largest absolute Gasteiger partial charge is 0.312 e. The van der Waals surface area contributed by atoms with Crippen LogP contribution in [0.15, 0.2) is 0 Å². The Bertz CT molecular complexity index is 247. The number of hydrogen-bond acceptors (Lipinski definition) is 3. The summed E-state index contributed by atoms with van der Waals surface area (Å²) >= 11 is 0. The second kappa shape index (κ2) is 9.01. The summed E-state index contributed by atoms with van der Waals surface area (Å²) in [5.74, 6) is 0. The zero-order valence-electron chi connectivity index (χ0n) is 14.5. The van der Waals surface area contributed by atoms with Crippen molar-refractivity contribution in [3.05, 3.63) is 0 Å². The lowest BCUT2D eigenvalue weighted by Crippen LogP contribution is -2.37. The third-order valence-corrected chi connectivity index (χ3v) is 4.32. The molecule has 0 radical (unpaired) electrons. The van der Waals surface area contributed by atoms with Crippen LogP contribution in [-0.2, 0) is 0 Å². The Labute approximate surface area is 127 Å². The second-order valence-electron chi connectivity index (χ2n) is 7.63. The summed E-state index contributed by atoms with van der Waals surface area (Å²) in [6, 6.07) is 0.802. The van der Waals surface area contributed by atoms with Crippen LogP contribution in [0.3, 0.4) is 0 Å². The van der Waals surface area contributed by atoms with Crippen LogP contribution in [0.25, 0.3) is 0 Å². The smallest absolute Gasteiger partial charge is 0.0220 e. The van der Waals surface area contributed by atoms with Crippen LogP contribution in [0.1, 0.15) is 59.3 Å². The van der Waals surface area contributed by atoms with Gasteiger partial charge >= 0.3 is 0 Å². The summed E-state index contributed by atoms with van der Waals surface area (Å²) in [4.78, 5) is 5.05. The molecule has 3 nitrogen and oxygen atoms in total. The third kappa shape index (κ3) is 8.23. The maximum Gasteiger partial charge on any atom is 0.0220 e. The number of rotatable bonds is 9. The summed E-state index contributed by atoms with van der Waals surface area (Å²) < 4.78 is 0. The van der Waals surface area contributed by atoms with E-state index in [0.717, 1.165) is 12.6 Å². The zero-order chi connectivity index (χ0) is 15.0. The molecule has 0 aromatic rings. The van der Waals surface area contributed by atoms with Gasteiger partial charge in [0.2, 0.25) is 0 Å². The molecule has 120 valence electrons. The molecule has 1 N–H and O–H groups in total. The first-order chi connectivity index (χ1) is 9.38. The van der Waals surface area contributed by atoms with E-state index < -0.39 is 0 Å². The lowest BCUT2D eigenvalue weighted by Gasteiger charge is -2.25. The van der Waals surface area contributed by atoms with E-state index in [1.807, 2.05) is 0 Å². The number of nitrogens with one attached hydrogen (secondary N) is 1. The SMILES string of the molecule is CN(CCCCCCNC(C)(C)C)CC1CCCN1C. The molecule has 1 fully saturated rings. The fourth-order valence-corrected chi connectivity index (χ4v) is 2.98. The van der Waals surface area contributed by atoms with Crippen molar-refractivity contribution < 1.29 is 0 Å². The van der Waals surface area contributed by atoms with Crippen molar-refractivity contribution in [3.63, 3.8) is 0 Å². The normalized spacial score (nSPS) is 21.0. The molecule has 1 aliphatic rings. The Morgan fingerprint density at radius 1 is 1.15 bits per heavy atom. The van der Waals surface area contributed by atoms with Gasteiger partial charge in [-0.1, -0.05) is 12.8 Å². The molecule has 0 aromatic heterocycles. The van der Waals surface area contributed by atoms with Gasteiger partial charge in [0.25, 0.3) is 0 Å². The first-order valence-corrected chi connectivity index (χ1v) is 8.52. The van der Waals surface area contributed by atoms with Crippen molar-refractivity contribution in [2.45, 2.75) is 70.9 Å². The quantitative estimate of drug-likeness (QED) is 0.656. The van der Waals surface area contributed by atoms with Crippen LogP contribution in [0.2, 0.25) is 0 Å². The van der Waals surface area contributed by atoms with Crippen LogP contribution in [0.5, 0.6) is 0 Å². The van der Waals surface area contributed by atoms with Crippen molar-refractivity contribution in [1.29, 1.82) is 0 Å². The first kappa shape index (κ1) is 17.9. The van der Waals surface area contributed by atoms with Crippen LogP contribution < -0.4 is 5.32 Å². The molecule has 1 atom stereocenters. The summed E-state index contributed by atoms with van der Waals surface area (Å²) in [6.07, 6.45) is 8.17. The van der Waals surface area contributed by atoms with Crippen LogP contribution in [-0.4, -0.2) is 61.7 Å². The van der Waals surface area contributed by atoms with Crippen LogP contribution in [0, 0.1) is 0 Å². The molecule has 0 aromatic carbocycles. The minimum absolute atomic E-state index is 0.271. The maximum atomic E-state index is 3.56. The van der Waals surface area contributed by atoms with E-state index in [4.69, 9.17) is 0 Å². The minimum Gasteiger partial charge on any atom is -0.312 e. The number of likely N-dealkylation sites (N-methyl/N-ethyl adjacent to an activating group) is 2. The van der Waals surface area contributed by atoms with Crippen molar-refractivity contribution in [2.75, 3.05) is 40.3 Å². The molecule has 20 heavy (non-hydrogen) atoms. The highest BCUT2D eigenvalue weighted by Crippen LogP contribution is 2.15. The Balaban J connectivity index is 1.93. The standard InChI is InChI=1S/C17H37N3/c1-17(2,3)18-12-8-6-7-9-13-19(4)15-16-11-10-14-20(16)5/h16,18H,6-15H2,1-5H3. The predicted molar refractivity (Wildman–Crippen MR) is 89.4 cm³/mol. The Kier molecular flexibility index (Phi) is 8.08. The Morgan fingerprint density at radius 2 is 1.85 bits per heavy atom. The molecule has 1 saturated heterocycles. The lowest BCUT2D eigenvalue weighted by molar-refractivity contribution is 0.217. The molecule has 0 amide bonds. The molecule has 0 bridgehead atoms. The molecular weight excluding hydrogens is 246 g/mol. The van der Waals surface area contributed by atoms with Crippen LogP contribution in [0.4, 0.5) is 0 Å². The molecule has 1 unspecified atom stereocenters. The minimum atomic E-state index is 0.271. The lowest BCUT2D eigenvalue weighted by atomic mass is 10.1. The van der Waals surface area contributed by atoms with Gasteiger partial charge in [-0.3, -0.25) is 0 Å². The van der Waals surface area contributed by atoms with Crippen molar-refractivity contribution in [3.8, 4) is 0 Å². The molecular formula is C17H37N3. The summed E-state index contributed by atoms with van der Waals surface area (Å²) in [6.45, 7) is 11.7. The van der Waals surface area contributed by atoms with Crippen molar-refractivity contribution >= 4 is 0 Å².